The molecule has 0 radical (unpaired) electrons. The summed E-state index contributed by atoms with van der Waals surface area (Å²) in [6, 6.07) is 13.6. The number of ketones is 1. The molecule has 6 heteroatoms. The fourth-order valence-electron chi connectivity index (χ4n) is 2.33. The Kier molecular flexibility index (Phi) is 6.49. The fraction of sp³-hybridized carbons (Fsp3) is 0.250. The molecule has 0 aliphatic carbocycles. The number of amides is 1. The number of carbonyl (C=O) groups excluding carboxylic acids is 3. The number of hydrogen-bond acceptors (Lipinski definition) is 5. The van der Waals surface area contributed by atoms with Crippen molar-refractivity contribution in [3.8, 4) is 5.75 Å². The molecule has 2 aromatic rings. The van der Waals surface area contributed by atoms with Crippen LogP contribution in [0.4, 0.5) is 5.69 Å². The highest BCUT2D eigenvalue weighted by Gasteiger charge is 2.19. The number of para-hydroxylation sites is 1. The Morgan fingerprint density at radius 1 is 1.04 bits per heavy atom. The third-order valence-electron chi connectivity index (χ3n) is 3.76. The smallest absolute Gasteiger partial charge is 0.311 e. The molecule has 0 aliphatic rings. The van der Waals surface area contributed by atoms with Crippen molar-refractivity contribution in [3.63, 3.8) is 0 Å². The first-order valence-electron chi connectivity index (χ1n) is 8.14. The summed E-state index contributed by atoms with van der Waals surface area (Å²) in [6.07, 6.45) is -0.945. The normalized spacial score (nSPS) is 11.3. The number of esters is 1. The Labute approximate surface area is 152 Å². The highest BCUT2D eigenvalue weighted by molar-refractivity contribution is 5.97. The lowest BCUT2D eigenvalue weighted by Crippen LogP contribution is -2.30. The van der Waals surface area contributed by atoms with Gasteiger partial charge in [0, 0.05) is 16.8 Å². The third kappa shape index (κ3) is 5.17. The van der Waals surface area contributed by atoms with E-state index in [2.05, 4.69) is 5.32 Å². The van der Waals surface area contributed by atoms with Crippen molar-refractivity contribution < 1.29 is 23.9 Å². The van der Waals surface area contributed by atoms with Crippen molar-refractivity contribution >= 4 is 23.3 Å². The lowest BCUT2D eigenvalue weighted by molar-refractivity contribution is -0.152. The van der Waals surface area contributed by atoms with Gasteiger partial charge in [-0.05, 0) is 44.2 Å². The van der Waals surface area contributed by atoms with Crippen molar-refractivity contribution in [2.45, 2.75) is 26.4 Å². The van der Waals surface area contributed by atoms with Crippen LogP contribution < -0.4 is 10.1 Å². The quantitative estimate of drug-likeness (QED) is 0.610. The van der Waals surface area contributed by atoms with E-state index in [0.717, 1.165) is 0 Å². The van der Waals surface area contributed by atoms with Crippen LogP contribution in [0.3, 0.4) is 0 Å². The Balaban J connectivity index is 1.91. The highest BCUT2D eigenvalue weighted by atomic mass is 16.5. The summed E-state index contributed by atoms with van der Waals surface area (Å²) < 4.78 is 10.4. The Bertz CT molecular complexity index is 798. The van der Waals surface area contributed by atoms with Gasteiger partial charge >= 0.3 is 5.97 Å². The van der Waals surface area contributed by atoms with Gasteiger partial charge in [-0.2, -0.15) is 0 Å². The number of anilines is 1. The first-order chi connectivity index (χ1) is 12.4. The van der Waals surface area contributed by atoms with Crippen LogP contribution in [-0.2, 0) is 20.7 Å². The van der Waals surface area contributed by atoms with E-state index in [1.807, 2.05) is 0 Å². The summed E-state index contributed by atoms with van der Waals surface area (Å²) in [5, 5.41) is 2.65. The van der Waals surface area contributed by atoms with Crippen molar-refractivity contribution in [2.24, 2.45) is 0 Å². The van der Waals surface area contributed by atoms with Gasteiger partial charge in [0.25, 0.3) is 5.91 Å². The zero-order valence-electron chi connectivity index (χ0n) is 14.9. The molecule has 0 saturated carbocycles. The number of rotatable bonds is 7. The molecule has 6 nitrogen and oxygen atoms in total. The van der Waals surface area contributed by atoms with Crippen LogP contribution in [0.25, 0.3) is 0 Å². The van der Waals surface area contributed by atoms with Gasteiger partial charge < -0.3 is 14.8 Å². The summed E-state index contributed by atoms with van der Waals surface area (Å²) in [6.45, 7) is 2.97. The molecule has 1 amide bonds. The molecule has 0 fully saturated rings. The summed E-state index contributed by atoms with van der Waals surface area (Å²) in [7, 11) is 1.53. The first-order valence-corrected chi connectivity index (χ1v) is 8.14. The monoisotopic (exact) mass is 355 g/mol. The second-order valence-electron chi connectivity index (χ2n) is 5.74. The van der Waals surface area contributed by atoms with Gasteiger partial charge in [-0.25, -0.2) is 0 Å². The van der Waals surface area contributed by atoms with Gasteiger partial charge in [0.15, 0.2) is 11.9 Å². The number of carbonyl (C=O) groups is 3. The van der Waals surface area contributed by atoms with Crippen LogP contribution in [0.5, 0.6) is 5.75 Å². The summed E-state index contributed by atoms with van der Waals surface area (Å²) in [4.78, 5) is 35.5. The minimum Gasteiger partial charge on any atom is -0.496 e. The topological polar surface area (TPSA) is 81.7 Å². The lowest BCUT2D eigenvalue weighted by Gasteiger charge is -2.14. The summed E-state index contributed by atoms with van der Waals surface area (Å²) in [5.74, 6) is -0.438. The number of Topliss-reactive ketones (excluding diaryl/α,β-unsaturated/α-hetero) is 1. The Morgan fingerprint density at radius 2 is 1.69 bits per heavy atom. The average molecular weight is 355 g/mol. The molecule has 136 valence electrons. The molecule has 1 N–H and O–H groups in total. The predicted molar refractivity (Wildman–Crippen MR) is 97.3 cm³/mol. The molecule has 0 aliphatic heterocycles. The van der Waals surface area contributed by atoms with E-state index >= 15 is 0 Å². The number of benzene rings is 2. The maximum atomic E-state index is 12.2. The molecule has 2 aromatic carbocycles. The molecule has 26 heavy (non-hydrogen) atoms. The van der Waals surface area contributed by atoms with E-state index in [0.29, 0.717) is 22.6 Å². The standard InChI is InChI=1S/C20H21NO5/c1-13(22)15-8-10-17(11-9-15)21-20(24)14(2)26-19(23)12-16-6-4-5-7-18(16)25-3/h4-11,14H,12H2,1-3H3,(H,21,24)/t14-/m1/s1. The van der Waals surface area contributed by atoms with Crippen molar-refractivity contribution in [3.05, 3.63) is 59.7 Å². The third-order valence-corrected chi connectivity index (χ3v) is 3.76. The average Bonchev–Trinajstić information content (AvgIpc) is 2.62. The number of methoxy groups -OCH3 is 1. The van der Waals surface area contributed by atoms with Crippen molar-refractivity contribution in [1.82, 2.24) is 0 Å². The van der Waals surface area contributed by atoms with Crippen LogP contribution in [0.2, 0.25) is 0 Å². The molecular weight excluding hydrogens is 334 g/mol. The molecule has 0 saturated heterocycles. The Morgan fingerprint density at radius 3 is 2.31 bits per heavy atom. The van der Waals surface area contributed by atoms with Gasteiger partial charge in [0.05, 0.1) is 13.5 Å². The molecule has 1 atom stereocenters. The van der Waals surface area contributed by atoms with Gasteiger partial charge in [-0.1, -0.05) is 18.2 Å². The molecule has 2 rings (SSSR count). The number of nitrogens with one attached hydrogen (secondary N) is 1. The van der Waals surface area contributed by atoms with E-state index < -0.39 is 18.0 Å². The van der Waals surface area contributed by atoms with E-state index in [1.54, 1.807) is 48.5 Å². The zero-order chi connectivity index (χ0) is 19.1. The van der Waals surface area contributed by atoms with Gasteiger partial charge in [-0.3, -0.25) is 14.4 Å². The Hall–Kier alpha value is -3.15. The summed E-state index contributed by atoms with van der Waals surface area (Å²) >= 11 is 0. The lowest BCUT2D eigenvalue weighted by atomic mass is 10.1. The van der Waals surface area contributed by atoms with E-state index in [1.165, 1.54) is 21.0 Å². The van der Waals surface area contributed by atoms with Crippen molar-refractivity contribution in [1.29, 1.82) is 0 Å². The highest BCUT2D eigenvalue weighted by Crippen LogP contribution is 2.18. The second kappa shape index (κ2) is 8.80. The van der Waals surface area contributed by atoms with E-state index in [4.69, 9.17) is 9.47 Å². The van der Waals surface area contributed by atoms with Gasteiger partial charge in [0.2, 0.25) is 0 Å². The van der Waals surface area contributed by atoms with Crippen LogP contribution in [0.15, 0.2) is 48.5 Å². The second-order valence-corrected chi connectivity index (χ2v) is 5.74. The maximum absolute atomic E-state index is 12.2. The van der Waals surface area contributed by atoms with Gasteiger partial charge in [-0.15, -0.1) is 0 Å². The molecule has 0 bridgehead atoms. The fourth-order valence-corrected chi connectivity index (χ4v) is 2.33. The van der Waals surface area contributed by atoms with Crippen LogP contribution >= 0.6 is 0 Å². The minimum absolute atomic E-state index is 0.00887. The molecule has 0 unspecified atom stereocenters. The van der Waals surface area contributed by atoms with Crippen LogP contribution in [0.1, 0.15) is 29.8 Å². The van der Waals surface area contributed by atoms with E-state index in [9.17, 15) is 14.4 Å². The maximum Gasteiger partial charge on any atom is 0.311 e. The first kappa shape index (κ1) is 19.2. The van der Waals surface area contributed by atoms with Crippen molar-refractivity contribution in [2.75, 3.05) is 12.4 Å². The molecule has 0 heterocycles. The minimum atomic E-state index is -0.954. The number of ether oxygens (including phenoxy) is 2. The molecule has 0 spiro atoms. The molecule has 0 aromatic heterocycles. The predicted octanol–water partition coefficient (Wildman–Crippen LogP) is 3.01. The molecular formula is C20H21NO5. The largest absolute Gasteiger partial charge is 0.496 e. The number of hydrogen-bond donors (Lipinski definition) is 1. The van der Waals surface area contributed by atoms with Gasteiger partial charge in [0.1, 0.15) is 5.75 Å². The summed E-state index contributed by atoms with van der Waals surface area (Å²) in [5.41, 5.74) is 1.76. The zero-order valence-corrected chi connectivity index (χ0v) is 14.9. The SMILES string of the molecule is COc1ccccc1CC(=O)O[C@H](C)C(=O)Nc1ccc(C(C)=O)cc1. The van der Waals surface area contributed by atoms with Crippen LogP contribution in [-0.4, -0.2) is 30.9 Å². The van der Waals surface area contributed by atoms with Crippen LogP contribution in [0, 0.1) is 0 Å². The van der Waals surface area contributed by atoms with E-state index in [-0.39, 0.29) is 12.2 Å².